The SMILES string of the molecule is NCCOCCCOC(N)N. The Labute approximate surface area is 66.8 Å². The van der Waals surface area contributed by atoms with Crippen LogP contribution >= 0.6 is 0 Å². The first kappa shape index (κ1) is 10.8. The van der Waals surface area contributed by atoms with E-state index >= 15 is 0 Å². The van der Waals surface area contributed by atoms with E-state index in [9.17, 15) is 0 Å². The van der Waals surface area contributed by atoms with Gasteiger partial charge in [-0.25, -0.2) is 0 Å². The number of nitrogens with two attached hydrogens (primary N) is 3. The van der Waals surface area contributed by atoms with Crippen LogP contribution in [-0.2, 0) is 9.47 Å². The molecule has 11 heavy (non-hydrogen) atoms. The molecule has 0 atom stereocenters. The summed E-state index contributed by atoms with van der Waals surface area (Å²) in [6.07, 6.45) is 0.120. The van der Waals surface area contributed by atoms with Crippen LogP contribution in [0.3, 0.4) is 0 Å². The highest BCUT2D eigenvalue weighted by molar-refractivity contribution is 4.37. The Hall–Kier alpha value is -0.200. The molecule has 0 aliphatic carbocycles. The smallest absolute Gasteiger partial charge is 0.158 e. The highest BCUT2D eigenvalue weighted by Gasteiger charge is 1.92. The Kier molecular flexibility index (Phi) is 7.76. The second-order valence-electron chi connectivity index (χ2n) is 2.09. The minimum absolute atomic E-state index is 0.530. The molecule has 6 N–H and O–H groups in total. The molecule has 0 amide bonds. The molecule has 0 aromatic carbocycles. The van der Waals surface area contributed by atoms with Crippen LogP contribution in [-0.4, -0.2) is 32.7 Å². The minimum Gasteiger partial charge on any atom is -0.380 e. The van der Waals surface area contributed by atoms with Gasteiger partial charge in [-0.05, 0) is 6.42 Å². The van der Waals surface area contributed by atoms with Crippen molar-refractivity contribution in [3.63, 3.8) is 0 Å². The summed E-state index contributed by atoms with van der Waals surface area (Å²) in [5.41, 5.74) is 15.5. The van der Waals surface area contributed by atoms with Gasteiger partial charge in [0.25, 0.3) is 0 Å². The summed E-state index contributed by atoms with van der Waals surface area (Å²) in [5, 5.41) is 0. The fourth-order valence-electron chi connectivity index (χ4n) is 0.566. The monoisotopic (exact) mass is 163 g/mol. The van der Waals surface area contributed by atoms with Crippen LogP contribution in [0.2, 0.25) is 0 Å². The molecular formula is C6H17N3O2. The van der Waals surface area contributed by atoms with Gasteiger partial charge in [0.15, 0.2) is 6.35 Å². The van der Waals surface area contributed by atoms with Crippen molar-refractivity contribution in [2.24, 2.45) is 17.2 Å². The normalized spacial score (nSPS) is 10.9. The van der Waals surface area contributed by atoms with Gasteiger partial charge in [-0.15, -0.1) is 0 Å². The second kappa shape index (κ2) is 7.90. The van der Waals surface area contributed by atoms with Crippen LogP contribution in [0.5, 0.6) is 0 Å². The average molecular weight is 163 g/mol. The third kappa shape index (κ3) is 9.80. The van der Waals surface area contributed by atoms with Gasteiger partial charge in [-0.2, -0.15) is 0 Å². The summed E-state index contributed by atoms with van der Waals surface area (Å²) in [7, 11) is 0. The third-order valence-corrected chi connectivity index (χ3v) is 1.01. The van der Waals surface area contributed by atoms with Crippen LogP contribution in [0.25, 0.3) is 0 Å². The maximum absolute atomic E-state index is 5.20. The van der Waals surface area contributed by atoms with Crippen LogP contribution in [0.1, 0.15) is 6.42 Å². The molecule has 0 aliphatic rings. The Morgan fingerprint density at radius 2 is 1.82 bits per heavy atom. The van der Waals surface area contributed by atoms with Crippen molar-refractivity contribution in [3.05, 3.63) is 0 Å². The fourth-order valence-corrected chi connectivity index (χ4v) is 0.566. The standard InChI is InChI=1S/C6H17N3O2/c7-2-5-10-3-1-4-11-6(8)9/h6H,1-5,7-9H2. The Balaban J connectivity index is 2.80. The molecule has 0 spiro atoms. The Morgan fingerprint density at radius 3 is 2.36 bits per heavy atom. The van der Waals surface area contributed by atoms with E-state index in [0.29, 0.717) is 26.4 Å². The molecule has 0 aliphatic heterocycles. The number of ether oxygens (including phenoxy) is 2. The van der Waals surface area contributed by atoms with Crippen molar-refractivity contribution >= 4 is 0 Å². The lowest BCUT2D eigenvalue weighted by atomic mass is 10.5. The first-order valence-corrected chi connectivity index (χ1v) is 3.68. The van der Waals surface area contributed by atoms with Crippen molar-refractivity contribution in [1.29, 1.82) is 0 Å². The molecule has 68 valence electrons. The number of rotatable bonds is 7. The van der Waals surface area contributed by atoms with Gasteiger partial charge in [-0.3, -0.25) is 11.5 Å². The molecule has 0 aromatic heterocycles. The van der Waals surface area contributed by atoms with Crippen molar-refractivity contribution in [1.82, 2.24) is 0 Å². The molecule has 0 unspecified atom stereocenters. The van der Waals surface area contributed by atoms with Gasteiger partial charge in [0, 0.05) is 13.2 Å². The maximum atomic E-state index is 5.20. The van der Waals surface area contributed by atoms with Gasteiger partial charge in [0.1, 0.15) is 0 Å². The molecule has 5 nitrogen and oxygen atoms in total. The van der Waals surface area contributed by atoms with Crippen LogP contribution < -0.4 is 17.2 Å². The topological polar surface area (TPSA) is 96.5 Å². The summed E-state index contributed by atoms with van der Waals surface area (Å²) in [6.45, 7) is 2.32. The van der Waals surface area contributed by atoms with Crippen LogP contribution in [0, 0.1) is 0 Å². The summed E-state index contributed by atoms with van der Waals surface area (Å²) in [5.74, 6) is 0. The van der Waals surface area contributed by atoms with Crippen molar-refractivity contribution in [2.75, 3.05) is 26.4 Å². The van der Waals surface area contributed by atoms with Gasteiger partial charge in [-0.1, -0.05) is 0 Å². The first-order valence-electron chi connectivity index (χ1n) is 3.68. The Bertz CT molecular complexity index is 80.2. The minimum atomic E-state index is -0.676. The molecule has 0 heterocycles. The maximum Gasteiger partial charge on any atom is 0.158 e. The van der Waals surface area contributed by atoms with Gasteiger partial charge in [0.2, 0.25) is 0 Å². The van der Waals surface area contributed by atoms with Crippen molar-refractivity contribution < 1.29 is 9.47 Å². The lowest BCUT2D eigenvalue weighted by molar-refractivity contribution is 0.0410. The summed E-state index contributed by atoms with van der Waals surface area (Å²) in [4.78, 5) is 0. The first-order chi connectivity index (χ1) is 5.27. The zero-order valence-electron chi connectivity index (χ0n) is 6.66. The molecule has 0 saturated heterocycles. The molecule has 0 bridgehead atoms. The predicted molar refractivity (Wildman–Crippen MR) is 42.6 cm³/mol. The van der Waals surface area contributed by atoms with E-state index in [0.717, 1.165) is 6.42 Å². The second-order valence-corrected chi connectivity index (χ2v) is 2.09. The van der Waals surface area contributed by atoms with Gasteiger partial charge >= 0.3 is 0 Å². The zero-order chi connectivity index (χ0) is 8.53. The number of hydrogen-bond donors (Lipinski definition) is 3. The van der Waals surface area contributed by atoms with E-state index < -0.39 is 6.35 Å². The lowest BCUT2D eigenvalue weighted by Crippen LogP contribution is -2.33. The lowest BCUT2D eigenvalue weighted by Gasteiger charge is -2.06. The molecule has 0 radical (unpaired) electrons. The highest BCUT2D eigenvalue weighted by atomic mass is 16.5. The molecule has 0 aromatic rings. The molecule has 5 heteroatoms. The summed E-state index contributed by atoms with van der Waals surface area (Å²) >= 11 is 0. The van der Waals surface area contributed by atoms with Crippen LogP contribution in [0.15, 0.2) is 0 Å². The summed E-state index contributed by atoms with van der Waals surface area (Å²) < 4.78 is 9.94. The van der Waals surface area contributed by atoms with Crippen LogP contribution in [0.4, 0.5) is 0 Å². The molecule has 0 saturated carbocycles. The largest absolute Gasteiger partial charge is 0.380 e. The van der Waals surface area contributed by atoms with E-state index in [2.05, 4.69) is 0 Å². The van der Waals surface area contributed by atoms with Crippen molar-refractivity contribution in [3.8, 4) is 0 Å². The molecular weight excluding hydrogens is 146 g/mol. The van der Waals surface area contributed by atoms with E-state index in [-0.39, 0.29) is 0 Å². The highest BCUT2D eigenvalue weighted by Crippen LogP contribution is 1.84. The quantitative estimate of drug-likeness (QED) is 0.316. The number of hydrogen-bond acceptors (Lipinski definition) is 5. The molecule has 0 fully saturated rings. The van der Waals surface area contributed by atoms with E-state index in [1.165, 1.54) is 0 Å². The fraction of sp³-hybridized carbons (Fsp3) is 1.00. The predicted octanol–water partition coefficient (Wildman–Crippen LogP) is -1.43. The van der Waals surface area contributed by atoms with Crippen molar-refractivity contribution in [2.45, 2.75) is 12.8 Å². The van der Waals surface area contributed by atoms with Gasteiger partial charge < -0.3 is 15.2 Å². The van der Waals surface area contributed by atoms with E-state index in [1.807, 2.05) is 0 Å². The Morgan fingerprint density at radius 1 is 1.09 bits per heavy atom. The van der Waals surface area contributed by atoms with E-state index in [4.69, 9.17) is 26.7 Å². The van der Waals surface area contributed by atoms with E-state index in [1.54, 1.807) is 0 Å². The zero-order valence-corrected chi connectivity index (χ0v) is 6.66. The third-order valence-electron chi connectivity index (χ3n) is 1.01. The molecule has 0 rings (SSSR count). The summed E-state index contributed by atoms with van der Waals surface area (Å²) in [6, 6.07) is 0. The average Bonchev–Trinajstić information content (AvgIpc) is 1.96. The van der Waals surface area contributed by atoms with Gasteiger partial charge in [0.05, 0.1) is 13.2 Å².